The lowest BCUT2D eigenvalue weighted by molar-refractivity contribution is -0.137. The highest BCUT2D eigenvalue weighted by Crippen LogP contribution is 2.31. The molecule has 3 amide bonds. The molecule has 9 heteroatoms. The van der Waals surface area contributed by atoms with Gasteiger partial charge in [0.15, 0.2) is 0 Å². The molecular formula is C21H22F3N3O3. The lowest BCUT2D eigenvalue weighted by Crippen LogP contribution is -2.49. The standard InChI is InChI=1S/C21H22F3N3O3/c22-21(23,24)16-7-4-8-17(13-16)25-19(28)27(14-15-5-2-1-3-6-15)18-9-11-26(12-10-18)20(29)30/h1-8,13,18H,9-12,14H2,(H,25,28)(H,29,30). The number of carbonyl (C=O) groups excluding carboxylic acids is 1. The summed E-state index contributed by atoms with van der Waals surface area (Å²) in [6.07, 6.45) is -4.60. The Labute approximate surface area is 171 Å². The van der Waals surface area contributed by atoms with E-state index in [-0.39, 0.29) is 18.3 Å². The maximum atomic E-state index is 13.0. The zero-order valence-corrected chi connectivity index (χ0v) is 16.1. The molecule has 30 heavy (non-hydrogen) atoms. The molecule has 2 aromatic rings. The summed E-state index contributed by atoms with van der Waals surface area (Å²) in [4.78, 5) is 27.0. The van der Waals surface area contributed by atoms with Crippen molar-refractivity contribution in [3.63, 3.8) is 0 Å². The zero-order valence-electron chi connectivity index (χ0n) is 16.1. The van der Waals surface area contributed by atoms with Crippen molar-refractivity contribution in [1.29, 1.82) is 0 Å². The van der Waals surface area contributed by atoms with Crippen LogP contribution in [0.2, 0.25) is 0 Å². The Morgan fingerprint density at radius 3 is 2.33 bits per heavy atom. The summed E-state index contributed by atoms with van der Waals surface area (Å²) in [5.41, 5.74) is 0.0814. The maximum Gasteiger partial charge on any atom is 0.416 e. The van der Waals surface area contributed by atoms with Crippen molar-refractivity contribution < 1.29 is 27.9 Å². The number of alkyl halides is 3. The fraction of sp³-hybridized carbons (Fsp3) is 0.333. The van der Waals surface area contributed by atoms with Gasteiger partial charge in [0.05, 0.1) is 5.56 Å². The second kappa shape index (κ2) is 9.06. The van der Waals surface area contributed by atoms with E-state index in [9.17, 15) is 22.8 Å². The third kappa shape index (κ3) is 5.43. The number of benzene rings is 2. The summed E-state index contributed by atoms with van der Waals surface area (Å²) in [6.45, 7) is 0.855. The van der Waals surface area contributed by atoms with Gasteiger partial charge in [-0.1, -0.05) is 36.4 Å². The van der Waals surface area contributed by atoms with Gasteiger partial charge in [-0.05, 0) is 36.6 Å². The summed E-state index contributed by atoms with van der Waals surface area (Å²) in [7, 11) is 0. The number of halogens is 3. The Kier molecular flexibility index (Phi) is 6.49. The number of likely N-dealkylation sites (tertiary alicyclic amines) is 1. The van der Waals surface area contributed by atoms with Crippen LogP contribution >= 0.6 is 0 Å². The molecule has 0 bridgehead atoms. The summed E-state index contributed by atoms with van der Waals surface area (Å²) in [6, 6.07) is 13.0. The molecule has 0 spiro atoms. The first-order valence-electron chi connectivity index (χ1n) is 9.50. The Morgan fingerprint density at radius 1 is 1.07 bits per heavy atom. The summed E-state index contributed by atoms with van der Waals surface area (Å²) in [5, 5.41) is 11.7. The highest BCUT2D eigenvalue weighted by Gasteiger charge is 2.32. The second-order valence-corrected chi connectivity index (χ2v) is 7.12. The van der Waals surface area contributed by atoms with Crippen molar-refractivity contribution in [2.24, 2.45) is 0 Å². The number of anilines is 1. The van der Waals surface area contributed by atoms with Gasteiger partial charge < -0.3 is 20.2 Å². The van der Waals surface area contributed by atoms with E-state index in [1.54, 1.807) is 4.90 Å². The number of hydrogen-bond acceptors (Lipinski definition) is 2. The van der Waals surface area contributed by atoms with E-state index in [0.29, 0.717) is 25.9 Å². The Morgan fingerprint density at radius 2 is 1.73 bits per heavy atom. The van der Waals surface area contributed by atoms with E-state index in [1.165, 1.54) is 17.0 Å². The lowest BCUT2D eigenvalue weighted by atomic mass is 10.0. The van der Waals surface area contributed by atoms with Gasteiger partial charge in [0.2, 0.25) is 0 Å². The molecule has 6 nitrogen and oxygen atoms in total. The molecule has 0 saturated carbocycles. The highest BCUT2D eigenvalue weighted by molar-refractivity contribution is 5.89. The molecule has 1 saturated heterocycles. The van der Waals surface area contributed by atoms with Gasteiger partial charge in [0.25, 0.3) is 0 Å². The normalized spacial score (nSPS) is 15.0. The number of carboxylic acid groups (broad SMARTS) is 1. The van der Waals surface area contributed by atoms with Crippen LogP contribution in [-0.2, 0) is 12.7 Å². The Bertz CT molecular complexity index is 882. The van der Waals surface area contributed by atoms with E-state index >= 15 is 0 Å². The third-order valence-corrected chi connectivity index (χ3v) is 5.07. The smallest absolute Gasteiger partial charge is 0.416 e. The number of nitrogens with one attached hydrogen (secondary N) is 1. The van der Waals surface area contributed by atoms with Crippen LogP contribution in [0.15, 0.2) is 54.6 Å². The molecule has 1 aliphatic heterocycles. The molecule has 2 aromatic carbocycles. The fourth-order valence-corrected chi connectivity index (χ4v) is 3.48. The molecule has 2 N–H and O–H groups in total. The fourth-order valence-electron chi connectivity index (χ4n) is 3.48. The summed E-state index contributed by atoms with van der Waals surface area (Å²) >= 11 is 0. The lowest BCUT2D eigenvalue weighted by Gasteiger charge is -2.37. The summed E-state index contributed by atoms with van der Waals surface area (Å²) in [5.74, 6) is 0. The number of nitrogens with zero attached hydrogens (tertiary/aromatic N) is 2. The molecule has 1 fully saturated rings. The van der Waals surface area contributed by atoms with Crippen LogP contribution in [0.3, 0.4) is 0 Å². The van der Waals surface area contributed by atoms with E-state index in [2.05, 4.69) is 5.32 Å². The quantitative estimate of drug-likeness (QED) is 0.739. The molecule has 0 unspecified atom stereocenters. The monoisotopic (exact) mass is 421 g/mol. The topological polar surface area (TPSA) is 72.9 Å². The number of amides is 3. The second-order valence-electron chi connectivity index (χ2n) is 7.12. The molecule has 160 valence electrons. The minimum atomic E-state index is -4.51. The number of rotatable bonds is 4. The van der Waals surface area contributed by atoms with Gasteiger partial charge in [-0.15, -0.1) is 0 Å². The predicted octanol–water partition coefficient (Wildman–Crippen LogP) is 4.88. The molecule has 0 aromatic heterocycles. The SMILES string of the molecule is O=C(O)N1CCC(N(Cc2ccccc2)C(=O)Nc2cccc(C(F)(F)F)c2)CC1. The Balaban J connectivity index is 1.77. The van der Waals surface area contributed by atoms with Crippen molar-refractivity contribution in [3.05, 3.63) is 65.7 Å². The number of urea groups is 1. The number of hydrogen-bond donors (Lipinski definition) is 2. The number of carbonyl (C=O) groups is 2. The molecule has 1 aliphatic rings. The van der Waals surface area contributed by atoms with Crippen LogP contribution in [0.4, 0.5) is 28.4 Å². The van der Waals surface area contributed by atoms with E-state index < -0.39 is 23.9 Å². The predicted molar refractivity (Wildman–Crippen MR) is 105 cm³/mol. The van der Waals surface area contributed by atoms with Crippen LogP contribution in [0, 0.1) is 0 Å². The third-order valence-electron chi connectivity index (χ3n) is 5.07. The van der Waals surface area contributed by atoms with Crippen LogP contribution in [0.5, 0.6) is 0 Å². The first-order valence-corrected chi connectivity index (χ1v) is 9.50. The van der Waals surface area contributed by atoms with E-state index in [0.717, 1.165) is 17.7 Å². The molecular weight excluding hydrogens is 399 g/mol. The largest absolute Gasteiger partial charge is 0.465 e. The van der Waals surface area contributed by atoms with Gasteiger partial charge >= 0.3 is 18.3 Å². The molecule has 1 heterocycles. The average Bonchev–Trinajstić information content (AvgIpc) is 2.72. The van der Waals surface area contributed by atoms with Gasteiger partial charge in [-0.25, -0.2) is 9.59 Å². The van der Waals surface area contributed by atoms with Crippen LogP contribution in [-0.4, -0.2) is 46.2 Å². The van der Waals surface area contributed by atoms with Gasteiger partial charge in [-0.3, -0.25) is 0 Å². The maximum absolute atomic E-state index is 13.0. The molecule has 3 rings (SSSR count). The zero-order chi connectivity index (χ0) is 21.7. The van der Waals surface area contributed by atoms with Gasteiger partial charge in [0.1, 0.15) is 0 Å². The average molecular weight is 421 g/mol. The molecule has 0 atom stereocenters. The van der Waals surface area contributed by atoms with Gasteiger partial charge in [-0.2, -0.15) is 13.2 Å². The summed E-state index contributed by atoms with van der Waals surface area (Å²) < 4.78 is 38.9. The molecule has 0 radical (unpaired) electrons. The Hall–Kier alpha value is -3.23. The first-order chi connectivity index (χ1) is 14.2. The van der Waals surface area contributed by atoms with E-state index in [4.69, 9.17) is 5.11 Å². The van der Waals surface area contributed by atoms with Crippen molar-refractivity contribution >= 4 is 17.8 Å². The van der Waals surface area contributed by atoms with Crippen LogP contribution in [0.25, 0.3) is 0 Å². The minimum Gasteiger partial charge on any atom is -0.465 e. The van der Waals surface area contributed by atoms with Crippen molar-refractivity contribution in [2.75, 3.05) is 18.4 Å². The first kappa shape index (κ1) is 21.5. The van der Waals surface area contributed by atoms with E-state index in [1.807, 2.05) is 30.3 Å². The number of piperidine rings is 1. The van der Waals surface area contributed by atoms with Crippen LogP contribution < -0.4 is 5.32 Å². The van der Waals surface area contributed by atoms with Crippen LogP contribution in [0.1, 0.15) is 24.0 Å². The van der Waals surface area contributed by atoms with Crippen molar-refractivity contribution in [3.8, 4) is 0 Å². The minimum absolute atomic E-state index is 0.0517. The van der Waals surface area contributed by atoms with Crippen molar-refractivity contribution in [1.82, 2.24) is 9.80 Å². The highest BCUT2D eigenvalue weighted by atomic mass is 19.4. The molecule has 0 aliphatic carbocycles. The van der Waals surface area contributed by atoms with Crippen molar-refractivity contribution in [2.45, 2.75) is 31.6 Å². The van der Waals surface area contributed by atoms with Gasteiger partial charge in [0, 0.05) is 31.4 Å².